The van der Waals surface area contributed by atoms with Crippen molar-refractivity contribution in [2.75, 3.05) is 39.5 Å². The van der Waals surface area contributed by atoms with Gasteiger partial charge in [-0.3, -0.25) is 9.59 Å². The molecule has 28 heavy (non-hydrogen) atoms. The minimum Gasteiger partial charge on any atom is -0.494 e. The van der Waals surface area contributed by atoms with Gasteiger partial charge in [-0.1, -0.05) is 13.8 Å². The van der Waals surface area contributed by atoms with Gasteiger partial charge in [-0.2, -0.15) is 0 Å². The van der Waals surface area contributed by atoms with E-state index in [0.29, 0.717) is 44.2 Å². The topological polar surface area (TPSA) is 94.2 Å². The van der Waals surface area contributed by atoms with Crippen LogP contribution in [-0.4, -0.2) is 68.2 Å². The van der Waals surface area contributed by atoms with Crippen molar-refractivity contribution in [3.05, 3.63) is 29.8 Å². The first-order chi connectivity index (χ1) is 13.4. The largest absolute Gasteiger partial charge is 0.494 e. The molecular weight excluding hydrogens is 364 g/mol. The summed E-state index contributed by atoms with van der Waals surface area (Å²) < 4.78 is 15.7. The molecule has 1 N–H and O–H groups in total. The third kappa shape index (κ3) is 6.23. The summed E-state index contributed by atoms with van der Waals surface area (Å²) in [7, 11) is 0. The zero-order valence-electron chi connectivity index (χ0n) is 16.6. The molecule has 0 aliphatic carbocycles. The minimum atomic E-state index is -0.850. The molecule has 1 aromatic carbocycles. The van der Waals surface area contributed by atoms with Crippen LogP contribution in [0.5, 0.6) is 5.75 Å². The number of esters is 1. The Kier molecular flexibility index (Phi) is 8.25. The lowest BCUT2D eigenvalue weighted by Gasteiger charge is -2.27. The fourth-order valence-corrected chi connectivity index (χ4v) is 2.72. The number of hydrogen-bond acceptors (Lipinski definition) is 6. The fourth-order valence-electron chi connectivity index (χ4n) is 2.72. The Morgan fingerprint density at radius 3 is 2.36 bits per heavy atom. The van der Waals surface area contributed by atoms with Crippen molar-refractivity contribution in [2.45, 2.75) is 26.8 Å². The maximum Gasteiger partial charge on any atom is 0.329 e. The number of carbonyl (C=O) groups is 3. The van der Waals surface area contributed by atoms with Gasteiger partial charge in [0.25, 0.3) is 11.8 Å². The molecule has 0 aromatic heterocycles. The number of morpholine rings is 1. The highest BCUT2D eigenvalue weighted by Gasteiger charge is 2.27. The molecule has 0 saturated carbocycles. The van der Waals surface area contributed by atoms with Gasteiger partial charge < -0.3 is 24.4 Å². The number of benzene rings is 1. The second kappa shape index (κ2) is 10.7. The third-order valence-corrected chi connectivity index (χ3v) is 4.34. The summed E-state index contributed by atoms with van der Waals surface area (Å²) in [4.78, 5) is 38.6. The predicted octanol–water partition coefficient (Wildman–Crippen LogP) is 1.24. The van der Waals surface area contributed by atoms with Gasteiger partial charge in [0.05, 0.1) is 19.8 Å². The Labute approximate surface area is 165 Å². The van der Waals surface area contributed by atoms with E-state index in [9.17, 15) is 14.4 Å². The van der Waals surface area contributed by atoms with Crippen molar-refractivity contribution in [1.29, 1.82) is 0 Å². The zero-order chi connectivity index (χ0) is 20.5. The molecule has 1 aliphatic rings. The molecule has 2 amide bonds. The Bertz CT molecular complexity index is 668. The lowest BCUT2D eigenvalue weighted by molar-refractivity contribution is -0.155. The summed E-state index contributed by atoms with van der Waals surface area (Å²) in [5, 5.41) is 2.69. The molecule has 1 aromatic rings. The smallest absolute Gasteiger partial charge is 0.329 e. The molecule has 2 rings (SSSR count). The molecule has 0 bridgehead atoms. The first kappa shape index (κ1) is 21.7. The Hall–Kier alpha value is -2.61. The maximum atomic E-state index is 12.5. The highest BCUT2D eigenvalue weighted by Crippen LogP contribution is 2.13. The quantitative estimate of drug-likeness (QED) is 0.669. The van der Waals surface area contributed by atoms with Crippen LogP contribution in [0.25, 0.3) is 0 Å². The zero-order valence-corrected chi connectivity index (χ0v) is 16.6. The summed E-state index contributed by atoms with van der Waals surface area (Å²) in [5.74, 6) is -0.816. The number of hydrogen-bond donors (Lipinski definition) is 1. The lowest BCUT2D eigenvalue weighted by Crippen LogP contribution is -2.47. The molecule has 1 aliphatic heterocycles. The Balaban J connectivity index is 1.90. The van der Waals surface area contributed by atoms with E-state index in [0.717, 1.165) is 0 Å². The lowest BCUT2D eigenvalue weighted by atomic mass is 10.0. The van der Waals surface area contributed by atoms with Crippen molar-refractivity contribution >= 4 is 17.8 Å². The van der Waals surface area contributed by atoms with Crippen LogP contribution in [0.3, 0.4) is 0 Å². The standard InChI is InChI=1S/C20H28N2O6/c1-4-27-16-7-5-15(6-8-16)19(24)21-18(14(2)3)20(25)28-13-17(23)22-9-11-26-12-10-22/h5-8,14,18H,4,9-13H2,1-3H3,(H,21,24)/t18-/m0/s1. The van der Waals surface area contributed by atoms with E-state index >= 15 is 0 Å². The molecule has 1 saturated heterocycles. The van der Waals surface area contributed by atoms with Crippen molar-refractivity contribution in [3.8, 4) is 5.75 Å². The van der Waals surface area contributed by atoms with Gasteiger partial charge >= 0.3 is 5.97 Å². The molecule has 1 atom stereocenters. The Morgan fingerprint density at radius 1 is 1.14 bits per heavy atom. The van der Waals surface area contributed by atoms with E-state index in [-0.39, 0.29) is 18.4 Å². The van der Waals surface area contributed by atoms with Gasteiger partial charge in [-0.25, -0.2) is 4.79 Å². The van der Waals surface area contributed by atoms with Crippen molar-refractivity contribution < 1.29 is 28.6 Å². The van der Waals surface area contributed by atoms with Crippen molar-refractivity contribution in [2.24, 2.45) is 5.92 Å². The monoisotopic (exact) mass is 392 g/mol. The summed E-state index contributed by atoms with van der Waals surface area (Å²) in [5.41, 5.74) is 0.409. The highest BCUT2D eigenvalue weighted by atomic mass is 16.5. The van der Waals surface area contributed by atoms with Crippen LogP contribution in [0.15, 0.2) is 24.3 Å². The van der Waals surface area contributed by atoms with E-state index in [4.69, 9.17) is 14.2 Å². The fraction of sp³-hybridized carbons (Fsp3) is 0.550. The number of nitrogens with zero attached hydrogens (tertiary/aromatic N) is 1. The number of carbonyl (C=O) groups excluding carboxylic acids is 3. The van der Waals surface area contributed by atoms with E-state index in [1.54, 1.807) is 43.0 Å². The van der Waals surface area contributed by atoms with E-state index in [2.05, 4.69) is 5.32 Å². The van der Waals surface area contributed by atoms with Crippen LogP contribution in [0.4, 0.5) is 0 Å². The number of nitrogens with one attached hydrogen (secondary N) is 1. The molecule has 1 fully saturated rings. The van der Waals surface area contributed by atoms with E-state index < -0.39 is 17.9 Å². The second-order valence-corrected chi connectivity index (χ2v) is 6.75. The third-order valence-electron chi connectivity index (χ3n) is 4.34. The van der Waals surface area contributed by atoms with Crippen molar-refractivity contribution in [1.82, 2.24) is 10.2 Å². The molecule has 0 spiro atoms. The van der Waals surface area contributed by atoms with Crippen LogP contribution < -0.4 is 10.1 Å². The van der Waals surface area contributed by atoms with Crippen LogP contribution in [0.1, 0.15) is 31.1 Å². The van der Waals surface area contributed by atoms with Gasteiger partial charge in [0.1, 0.15) is 11.8 Å². The molecule has 8 heteroatoms. The van der Waals surface area contributed by atoms with E-state index in [1.807, 2.05) is 6.92 Å². The summed E-state index contributed by atoms with van der Waals surface area (Å²) in [6, 6.07) is 5.80. The van der Waals surface area contributed by atoms with Gasteiger partial charge in [0.2, 0.25) is 0 Å². The molecule has 0 radical (unpaired) electrons. The number of ether oxygens (including phenoxy) is 3. The summed E-state index contributed by atoms with van der Waals surface area (Å²) in [6.07, 6.45) is 0. The average molecular weight is 392 g/mol. The Morgan fingerprint density at radius 2 is 1.79 bits per heavy atom. The van der Waals surface area contributed by atoms with Gasteiger partial charge in [-0.05, 0) is 37.1 Å². The first-order valence-corrected chi connectivity index (χ1v) is 9.48. The molecular formula is C20H28N2O6. The van der Waals surface area contributed by atoms with Crippen molar-refractivity contribution in [3.63, 3.8) is 0 Å². The number of amides is 2. The van der Waals surface area contributed by atoms with Crippen LogP contribution in [-0.2, 0) is 19.1 Å². The summed E-state index contributed by atoms with van der Waals surface area (Å²) in [6.45, 7) is 7.60. The summed E-state index contributed by atoms with van der Waals surface area (Å²) >= 11 is 0. The van der Waals surface area contributed by atoms with Gasteiger partial charge in [0, 0.05) is 18.7 Å². The molecule has 0 unspecified atom stereocenters. The molecule has 1 heterocycles. The van der Waals surface area contributed by atoms with Gasteiger partial charge in [-0.15, -0.1) is 0 Å². The number of rotatable bonds is 8. The van der Waals surface area contributed by atoms with Crippen LogP contribution >= 0.6 is 0 Å². The second-order valence-electron chi connectivity index (χ2n) is 6.75. The highest BCUT2D eigenvalue weighted by molar-refractivity contribution is 5.97. The van der Waals surface area contributed by atoms with Crippen LogP contribution in [0, 0.1) is 5.92 Å². The SMILES string of the molecule is CCOc1ccc(C(=O)N[C@H](C(=O)OCC(=O)N2CCOCC2)C(C)C)cc1. The molecule has 8 nitrogen and oxygen atoms in total. The normalized spacial score (nSPS) is 15.1. The van der Waals surface area contributed by atoms with E-state index in [1.165, 1.54) is 0 Å². The van der Waals surface area contributed by atoms with Gasteiger partial charge in [0.15, 0.2) is 6.61 Å². The van der Waals surface area contributed by atoms with Crippen LogP contribution in [0.2, 0.25) is 0 Å². The maximum absolute atomic E-state index is 12.5. The first-order valence-electron chi connectivity index (χ1n) is 9.48. The predicted molar refractivity (Wildman–Crippen MR) is 102 cm³/mol. The minimum absolute atomic E-state index is 0.197. The average Bonchev–Trinajstić information content (AvgIpc) is 2.71. The molecule has 154 valence electrons.